The van der Waals surface area contributed by atoms with Crippen molar-refractivity contribution in [1.82, 2.24) is 10.2 Å². The molecular weight excluding hydrogens is 610 g/mol. The molecule has 3 aromatic carbocycles. The van der Waals surface area contributed by atoms with E-state index >= 15 is 0 Å². The van der Waals surface area contributed by atoms with Crippen molar-refractivity contribution >= 4 is 59.4 Å². The van der Waals surface area contributed by atoms with Gasteiger partial charge in [-0.05, 0) is 61.9 Å². The number of carbonyl (C=O) groups is 2. The van der Waals surface area contributed by atoms with E-state index in [0.29, 0.717) is 10.2 Å². The summed E-state index contributed by atoms with van der Waals surface area (Å²) in [5.41, 5.74) is 2.05. The molecule has 0 fully saturated rings. The average Bonchev–Trinajstić information content (AvgIpc) is 2.86. The highest BCUT2D eigenvalue weighted by molar-refractivity contribution is 9.10. The number of nitrogens with zero attached hydrogens (tertiary/aromatic N) is 2. The maximum absolute atomic E-state index is 13.7. The fourth-order valence-corrected chi connectivity index (χ4v) is 5.63. The number of benzene rings is 3. The molecule has 0 aliphatic rings. The predicted octanol–water partition coefficient (Wildman–Crippen LogP) is 4.88. The zero-order valence-corrected chi connectivity index (χ0v) is 24.1. The lowest BCUT2D eigenvalue weighted by Crippen LogP contribution is -2.50. The van der Waals surface area contributed by atoms with Crippen molar-refractivity contribution in [3.8, 4) is 0 Å². The van der Waals surface area contributed by atoms with Crippen LogP contribution in [0.2, 0.25) is 0 Å². The number of anilines is 1. The SMILES string of the molecule is CNC(=O)C(C)N(Cc1ccc(Br)cc1)C(=O)CN(c1cccc(Br)c1)S(=O)(=O)c1ccc(C)cc1. The molecule has 0 bridgehead atoms. The Kier molecular flexibility index (Phi) is 9.32. The molecule has 10 heteroatoms. The third-order valence-electron chi connectivity index (χ3n) is 5.66. The van der Waals surface area contributed by atoms with E-state index in [4.69, 9.17) is 0 Å². The van der Waals surface area contributed by atoms with E-state index < -0.39 is 28.5 Å². The Bertz CT molecular complexity index is 1330. The van der Waals surface area contributed by atoms with Crippen molar-refractivity contribution in [2.75, 3.05) is 17.9 Å². The Morgan fingerprint density at radius 3 is 2.17 bits per heavy atom. The third-order valence-corrected chi connectivity index (χ3v) is 8.47. The van der Waals surface area contributed by atoms with Gasteiger partial charge < -0.3 is 10.2 Å². The molecule has 2 amide bonds. The fraction of sp³-hybridized carbons (Fsp3) is 0.231. The molecule has 3 aromatic rings. The van der Waals surface area contributed by atoms with Crippen LogP contribution in [0.5, 0.6) is 0 Å². The van der Waals surface area contributed by atoms with Crippen LogP contribution in [0.15, 0.2) is 86.6 Å². The summed E-state index contributed by atoms with van der Waals surface area (Å²) in [6.07, 6.45) is 0. The Labute approximate surface area is 228 Å². The van der Waals surface area contributed by atoms with Crippen LogP contribution < -0.4 is 9.62 Å². The predicted molar refractivity (Wildman–Crippen MR) is 148 cm³/mol. The van der Waals surface area contributed by atoms with E-state index in [1.54, 1.807) is 43.3 Å². The van der Waals surface area contributed by atoms with Gasteiger partial charge in [0.25, 0.3) is 10.0 Å². The maximum atomic E-state index is 13.7. The molecule has 1 N–H and O–H groups in total. The molecule has 0 saturated carbocycles. The van der Waals surface area contributed by atoms with Gasteiger partial charge in [-0.25, -0.2) is 8.42 Å². The number of sulfonamides is 1. The van der Waals surface area contributed by atoms with Crippen LogP contribution in [0, 0.1) is 6.92 Å². The van der Waals surface area contributed by atoms with Crippen LogP contribution in [0.25, 0.3) is 0 Å². The fourth-order valence-electron chi connectivity index (χ4n) is 3.58. The molecule has 0 spiro atoms. The lowest BCUT2D eigenvalue weighted by molar-refractivity contribution is -0.139. The van der Waals surface area contributed by atoms with Crippen molar-refractivity contribution in [1.29, 1.82) is 0 Å². The van der Waals surface area contributed by atoms with Crippen LogP contribution in [0.3, 0.4) is 0 Å². The van der Waals surface area contributed by atoms with E-state index in [9.17, 15) is 18.0 Å². The molecule has 1 atom stereocenters. The average molecular weight is 637 g/mol. The molecule has 36 heavy (non-hydrogen) atoms. The Balaban J connectivity index is 2.02. The zero-order valence-electron chi connectivity index (χ0n) is 20.1. The van der Waals surface area contributed by atoms with Gasteiger partial charge in [0.2, 0.25) is 11.8 Å². The van der Waals surface area contributed by atoms with Gasteiger partial charge in [0.05, 0.1) is 10.6 Å². The first-order valence-electron chi connectivity index (χ1n) is 11.1. The number of hydrogen-bond acceptors (Lipinski definition) is 4. The number of aryl methyl sites for hydroxylation is 1. The second-order valence-electron chi connectivity index (χ2n) is 8.24. The largest absolute Gasteiger partial charge is 0.357 e. The van der Waals surface area contributed by atoms with Gasteiger partial charge in [-0.1, -0.05) is 67.8 Å². The number of likely N-dealkylation sites (N-methyl/N-ethyl adjacent to an activating group) is 1. The Morgan fingerprint density at radius 2 is 1.58 bits per heavy atom. The molecule has 0 aliphatic carbocycles. The van der Waals surface area contributed by atoms with Crippen molar-refractivity contribution in [2.45, 2.75) is 31.3 Å². The second kappa shape index (κ2) is 12.0. The third kappa shape index (κ3) is 6.74. The molecule has 190 valence electrons. The second-order valence-corrected chi connectivity index (χ2v) is 11.9. The van der Waals surface area contributed by atoms with Gasteiger partial charge in [-0.3, -0.25) is 13.9 Å². The van der Waals surface area contributed by atoms with Gasteiger partial charge in [0.1, 0.15) is 12.6 Å². The molecule has 0 heterocycles. The van der Waals surface area contributed by atoms with Gasteiger partial charge in [-0.15, -0.1) is 0 Å². The van der Waals surface area contributed by atoms with E-state index in [1.807, 2.05) is 31.2 Å². The first-order valence-corrected chi connectivity index (χ1v) is 14.2. The highest BCUT2D eigenvalue weighted by atomic mass is 79.9. The monoisotopic (exact) mass is 635 g/mol. The Morgan fingerprint density at radius 1 is 0.944 bits per heavy atom. The van der Waals surface area contributed by atoms with Gasteiger partial charge in [0, 0.05) is 22.5 Å². The molecule has 0 saturated heterocycles. The number of carbonyl (C=O) groups excluding carboxylic acids is 2. The number of nitrogens with one attached hydrogen (secondary N) is 1. The summed E-state index contributed by atoms with van der Waals surface area (Å²) in [6.45, 7) is 3.14. The smallest absolute Gasteiger partial charge is 0.264 e. The van der Waals surface area contributed by atoms with Gasteiger partial charge >= 0.3 is 0 Å². The number of hydrogen-bond donors (Lipinski definition) is 1. The van der Waals surface area contributed by atoms with Crippen molar-refractivity contribution < 1.29 is 18.0 Å². The van der Waals surface area contributed by atoms with Gasteiger partial charge in [0.15, 0.2) is 0 Å². The van der Waals surface area contributed by atoms with Crippen molar-refractivity contribution in [2.24, 2.45) is 0 Å². The van der Waals surface area contributed by atoms with E-state index in [1.165, 1.54) is 24.1 Å². The summed E-state index contributed by atoms with van der Waals surface area (Å²) in [5.74, 6) is -0.861. The molecular formula is C26H27Br2N3O4S. The standard InChI is InChI=1S/C26H27Br2N3O4S/c1-18-7-13-24(14-8-18)36(34,35)31(23-6-4-5-22(28)15-23)17-25(32)30(19(2)26(33)29-3)16-20-9-11-21(27)12-10-20/h4-15,19H,16-17H2,1-3H3,(H,29,33). The molecule has 1 unspecified atom stereocenters. The minimum atomic E-state index is -4.09. The molecule has 7 nitrogen and oxygen atoms in total. The van der Waals surface area contributed by atoms with Crippen LogP contribution in [-0.4, -0.2) is 44.8 Å². The lowest BCUT2D eigenvalue weighted by Gasteiger charge is -2.31. The molecule has 0 aliphatic heterocycles. The van der Waals surface area contributed by atoms with Crippen LogP contribution >= 0.6 is 31.9 Å². The summed E-state index contributed by atoms with van der Waals surface area (Å²) < 4.78 is 30.1. The summed E-state index contributed by atoms with van der Waals surface area (Å²) in [7, 11) is -2.59. The Hall–Kier alpha value is -2.69. The lowest BCUT2D eigenvalue weighted by atomic mass is 10.1. The molecule has 3 rings (SSSR count). The summed E-state index contributed by atoms with van der Waals surface area (Å²) >= 11 is 6.78. The van der Waals surface area contributed by atoms with E-state index in [2.05, 4.69) is 37.2 Å². The van der Waals surface area contributed by atoms with Crippen LogP contribution in [-0.2, 0) is 26.2 Å². The minimum absolute atomic E-state index is 0.0692. The zero-order chi connectivity index (χ0) is 26.5. The first-order chi connectivity index (χ1) is 17.0. The van der Waals surface area contributed by atoms with Crippen LogP contribution in [0.1, 0.15) is 18.1 Å². The molecule has 0 radical (unpaired) electrons. The van der Waals surface area contributed by atoms with Crippen molar-refractivity contribution in [3.63, 3.8) is 0 Å². The number of rotatable bonds is 9. The summed E-state index contributed by atoms with van der Waals surface area (Å²) in [5, 5.41) is 2.57. The van der Waals surface area contributed by atoms with Crippen molar-refractivity contribution in [3.05, 3.63) is 92.9 Å². The highest BCUT2D eigenvalue weighted by Crippen LogP contribution is 2.27. The topological polar surface area (TPSA) is 86.8 Å². The summed E-state index contributed by atoms with van der Waals surface area (Å²) in [6, 6.07) is 19.8. The quantitative estimate of drug-likeness (QED) is 0.363. The number of amides is 2. The normalized spacial score (nSPS) is 12.0. The van der Waals surface area contributed by atoms with E-state index in [-0.39, 0.29) is 17.3 Å². The molecule has 0 aromatic heterocycles. The highest BCUT2D eigenvalue weighted by Gasteiger charge is 2.32. The van der Waals surface area contributed by atoms with E-state index in [0.717, 1.165) is 19.9 Å². The van der Waals surface area contributed by atoms with Gasteiger partial charge in [-0.2, -0.15) is 0 Å². The summed E-state index contributed by atoms with van der Waals surface area (Å²) in [4.78, 5) is 27.7. The maximum Gasteiger partial charge on any atom is 0.264 e. The number of halogens is 2. The van der Waals surface area contributed by atoms with Crippen LogP contribution in [0.4, 0.5) is 5.69 Å². The minimum Gasteiger partial charge on any atom is -0.357 e. The first kappa shape index (κ1) is 27.9.